The Kier molecular flexibility index (Phi) is 6.43. The molecule has 1 atom stereocenters. The minimum atomic E-state index is -4.79. The lowest BCUT2D eigenvalue weighted by Gasteiger charge is -2.31. The summed E-state index contributed by atoms with van der Waals surface area (Å²) in [6.07, 6.45) is -3.77. The van der Waals surface area contributed by atoms with Crippen LogP contribution in [0.4, 0.5) is 17.6 Å². The zero-order chi connectivity index (χ0) is 24.7. The lowest BCUT2D eigenvalue weighted by Crippen LogP contribution is -2.41. The van der Waals surface area contributed by atoms with Gasteiger partial charge in [0.25, 0.3) is 0 Å². The van der Waals surface area contributed by atoms with E-state index in [9.17, 15) is 30.8 Å². The van der Waals surface area contributed by atoms with Gasteiger partial charge in [-0.1, -0.05) is 12.6 Å². The molecule has 6 nitrogen and oxygen atoms in total. The number of carbonyl (C=O) groups excluding carboxylic acids is 1. The number of sulfonamides is 1. The van der Waals surface area contributed by atoms with Crippen LogP contribution < -0.4 is 4.74 Å². The van der Waals surface area contributed by atoms with E-state index in [1.54, 1.807) is 23.1 Å². The molecule has 2 heterocycles. The summed E-state index contributed by atoms with van der Waals surface area (Å²) >= 11 is 0. The van der Waals surface area contributed by atoms with Crippen LogP contribution in [0.25, 0.3) is 0 Å². The van der Waals surface area contributed by atoms with E-state index in [1.807, 2.05) is 0 Å². The number of rotatable bonds is 5. The van der Waals surface area contributed by atoms with Crippen molar-refractivity contribution in [3.8, 4) is 11.5 Å². The molecule has 2 aliphatic heterocycles. The van der Waals surface area contributed by atoms with Gasteiger partial charge in [0, 0.05) is 37.7 Å². The molecule has 1 unspecified atom stereocenters. The first kappa shape index (κ1) is 24.2. The largest absolute Gasteiger partial charge is 0.457 e. The Balaban J connectivity index is 1.45. The zero-order valence-electron chi connectivity index (χ0n) is 18.0. The molecule has 34 heavy (non-hydrogen) atoms. The summed E-state index contributed by atoms with van der Waals surface area (Å²) in [5.41, 5.74) is 0.432. The number of carbonyl (C=O) groups is 1. The van der Waals surface area contributed by atoms with Crippen LogP contribution in [-0.2, 0) is 34.0 Å². The third kappa shape index (κ3) is 4.95. The summed E-state index contributed by atoms with van der Waals surface area (Å²) in [6, 6.07) is 7.47. The highest BCUT2D eigenvalue weighted by Gasteiger charge is 2.37. The third-order valence-corrected chi connectivity index (χ3v) is 7.53. The van der Waals surface area contributed by atoms with E-state index in [4.69, 9.17) is 4.74 Å². The van der Waals surface area contributed by atoms with Crippen LogP contribution in [0.5, 0.6) is 11.5 Å². The fourth-order valence-electron chi connectivity index (χ4n) is 4.23. The molecule has 2 aromatic carbocycles. The molecule has 0 radical (unpaired) electrons. The average Bonchev–Trinajstić information content (AvgIpc) is 3.28. The van der Waals surface area contributed by atoms with Gasteiger partial charge < -0.3 is 9.64 Å². The van der Waals surface area contributed by atoms with Gasteiger partial charge in [0.15, 0.2) is 0 Å². The monoisotopic (exact) mass is 498 g/mol. The van der Waals surface area contributed by atoms with E-state index in [-0.39, 0.29) is 31.3 Å². The van der Waals surface area contributed by atoms with Gasteiger partial charge in [-0.3, -0.25) is 4.79 Å². The number of hydrogen-bond donors (Lipinski definition) is 0. The predicted octanol–water partition coefficient (Wildman–Crippen LogP) is 4.32. The van der Waals surface area contributed by atoms with Crippen molar-refractivity contribution in [3.05, 3.63) is 70.9 Å². The maximum absolute atomic E-state index is 13.8. The number of hydrogen-bond acceptors (Lipinski definition) is 4. The second-order valence-corrected chi connectivity index (χ2v) is 10.1. The Bertz CT molecular complexity index is 1230. The molecule has 1 saturated heterocycles. The second kappa shape index (κ2) is 9.03. The highest BCUT2D eigenvalue weighted by molar-refractivity contribution is 7.92. The molecule has 2 aliphatic rings. The van der Waals surface area contributed by atoms with Crippen molar-refractivity contribution in [2.75, 3.05) is 19.6 Å². The first-order chi connectivity index (χ1) is 16.0. The van der Waals surface area contributed by atoms with Crippen molar-refractivity contribution >= 4 is 15.9 Å². The van der Waals surface area contributed by atoms with Crippen LogP contribution >= 0.6 is 0 Å². The molecular weight excluding hydrogens is 476 g/mol. The fourth-order valence-corrected chi connectivity index (χ4v) is 5.19. The Hall–Kier alpha value is -2.92. The second-order valence-electron chi connectivity index (χ2n) is 8.24. The van der Waals surface area contributed by atoms with E-state index in [0.29, 0.717) is 37.3 Å². The van der Waals surface area contributed by atoms with E-state index in [2.05, 4.69) is 6.58 Å². The van der Waals surface area contributed by atoms with Gasteiger partial charge in [-0.2, -0.15) is 17.5 Å². The van der Waals surface area contributed by atoms with Gasteiger partial charge in [0.1, 0.15) is 17.3 Å². The van der Waals surface area contributed by atoms with Crippen molar-refractivity contribution in [1.29, 1.82) is 0 Å². The van der Waals surface area contributed by atoms with E-state index in [1.165, 1.54) is 4.31 Å². The molecule has 182 valence electrons. The number of fused-ring (bicyclic) bond motifs is 1. The maximum atomic E-state index is 13.8. The number of nitrogens with zero attached hydrogens (tertiary/aromatic N) is 2. The van der Waals surface area contributed by atoms with E-state index in [0.717, 1.165) is 22.6 Å². The predicted molar refractivity (Wildman–Crippen MR) is 116 cm³/mol. The molecule has 0 aromatic heterocycles. The van der Waals surface area contributed by atoms with Crippen LogP contribution in [0.15, 0.2) is 48.4 Å². The van der Waals surface area contributed by atoms with Crippen molar-refractivity contribution in [2.24, 2.45) is 5.92 Å². The normalized spacial score (nSPS) is 19.1. The SMILES string of the molecule is C=CS(=O)(=O)N1CCC(C(=O)N2CCc3ccc(Oc4ccc(C(F)(F)F)c(F)c4)cc3C2)C1. The van der Waals surface area contributed by atoms with Crippen LogP contribution in [0.2, 0.25) is 0 Å². The molecular formula is C23H22F4N2O4S. The molecule has 1 amide bonds. The van der Waals surface area contributed by atoms with Crippen molar-refractivity contribution in [2.45, 2.75) is 25.6 Å². The first-order valence-electron chi connectivity index (χ1n) is 10.6. The topological polar surface area (TPSA) is 66.9 Å². The minimum Gasteiger partial charge on any atom is -0.457 e. The Labute approximate surface area is 194 Å². The van der Waals surface area contributed by atoms with Crippen LogP contribution in [0.3, 0.4) is 0 Å². The van der Waals surface area contributed by atoms with Gasteiger partial charge in [-0.15, -0.1) is 0 Å². The number of halogens is 4. The molecule has 1 fully saturated rings. The smallest absolute Gasteiger partial charge is 0.419 e. The molecule has 2 aromatic rings. The summed E-state index contributed by atoms with van der Waals surface area (Å²) in [5.74, 6) is -1.78. The number of alkyl halides is 3. The van der Waals surface area contributed by atoms with Gasteiger partial charge in [0.05, 0.1) is 11.5 Å². The number of benzene rings is 2. The quantitative estimate of drug-likeness (QED) is 0.576. The molecule has 0 aliphatic carbocycles. The van der Waals surface area contributed by atoms with Gasteiger partial charge in [-0.25, -0.2) is 12.8 Å². The lowest BCUT2D eigenvalue weighted by atomic mass is 9.97. The Morgan fingerprint density at radius 1 is 1.09 bits per heavy atom. The molecule has 11 heteroatoms. The van der Waals surface area contributed by atoms with E-state index >= 15 is 0 Å². The summed E-state index contributed by atoms with van der Waals surface area (Å²) in [6.45, 7) is 4.46. The molecule has 0 spiro atoms. The summed E-state index contributed by atoms with van der Waals surface area (Å²) in [5, 5.41) is 0.876. The first-order valence-corrected chi connectivity index (χ1v) is 12.1. The molecule has 0 saturated carbocycles. The number of ether oxygens (including phenoxy) is 1. The molecule has 4 rings (SSSR count). The Morgan fingerprint density at radius 3 is 2.47 bits per heavy atom. The van der Waals surface area contributed by atoms with Crippen LogP contribution in [-0.4, -0.2) is 43.2 Å². The number of amides is 1. The fraction of sp³-hybridized carbons (Fsp3) is 0.348. The lowest BCUT2D eigenvalue weighted by molar-refractivity contribution is -0.140. The molecule has 0 N–H and O–H groups in total. The van der Waals surface area contributed by atoms with Crippen LogP contribution in [0.1, 0.15) is 23.1 Å². The van der Waals surface area contributed by atoms with Gasteiger partial charge in [-0.05, 0) is 48.2 Å². The van der Waals surface area contributed by atoms with Crippen molar-refractivity contribution in [3.63, 3.8) is 0 Å². The summed E-state index contributed by atoms with van der Waals surface area (Å²) < 4.78 is 82.9. The van der Waals surface area contributed by atoms with Gasteiger partial charge in [0.2, 0.25) is 15.9 Å². The average molecular weight is 498 g/mol. The Morgan fingerprint density at radius 2 is 1.79 bits per heavy atom. The zero-order valence-corrected chi connectivity index (χ0v) is 18.8. The standard InChI is InChI=1S/C23H22F4N2O4S/c1-2-34(31,32)29-10-8-16(14-29)22(30)28-9-7-15-3-4-18(11-17(15)13-28)33-19-5-6-20(21(24)12-19)23(25,26)27/h2-6,11-12,16H,1,7-10,13-14H2. The molecule has 0 bridgehead atoms. The maximum Gasteiger partial charge on any atom is 0.419 e. The van der Waals surface area contributed by atoms with Crippen molar-refractivity contribution < 1.29 is 35.5 Å². The highest BCUT2D eigenvalue weighted by atomic mass is 32.2. The van der Waals surface area contributed by atoms with Crippen molar-refractivity contribution in [1.82, 2.24) is 9.21 Å². The van der Waals surface area contributed by atoms with E-state index < -0.39 is 33.5 Å². The summed E-state index contributed by atoms with van der Waals surface area (Å²) in [7, 11) is -3.57. The third-order valence-electron chi connectivity index (χ3n) is 6.05. The highest BCUT2D eigenvalue weighted by Crippen LogP contribution is 2.35. The van der Waals surface area contributed by atoms with Crippen LogP contribution in [0, 0.1) is 11.7 Å². The van der Waals surface area contributed by atoms with Gasteiger partial charge >= 0.3 is 6.18 Å². The summed E-state index contributed by atoms with van der Waals surface area (Å²) in [4.78, 5) is 14.7. The minimum absolute atomic E-state index is 0.0799.